The van der Waals surface area contributed by atoms with Gasteiger partial charge in [0.15, 0.2) is 6.68 Å². The zero-order valence-corrected chi connectivity index (χ0v) is 27.4. The molecule has 0 aliphatic rings. The molecule has 0 bridgehead atoms. The Morgan fingerprint density at radius 3 is 0.932 bits per heavy atom. The summed E-state index contributed by atoms with van der Waals surface area (Å²) in [5.41, 5.74) is 1.20. The average Bonchev–Trinajstić information content (AvgIpc) is 3.05. The van der Waals surface area contributed by atoms with Crippen LogP contribution in [-0.2, 0) is 20.4 Å². The molecule has 0 spiro atoms. The summed E-state index contributed by atoms with van der Waals surface area (Å²) in [5, 5.41) is 8.43. The number of halogens is 3. The molecule has 0 aliphatic carbocycles. The Morgan fingerprint density at radius 2 is 0.705 bits per heavy atom. The average molecular weight is 713 g/mol. The maximum absolute atomic E-state index is 9.58. The first-order valence-corrected chi connectivity index (χ1v) is 16.4. The second-order valence-corrected chi connectivity index (χ2v) is 13.6. The van der Waals surface area contributed by atoms with Crippen molar-refractivity contribution in [3.05, 3.63) is 188 Å². The molecule has 0 atom stereocenters. The van der Waals surface area contributed by atoms with Crippen molar-refractivity contribution in [3.8, 4) is 0 Å². The van der Waals surface area contributed by atoms with Crippen molar-refractivity contribution in [2.75, 3.05) is 0 Å². The number of hydrogen-bond acceptors (Lipinski definition) is 0. The molecule has 224 valence electrons. The van der Waals surface area contributed by atoms with Crippen LogP contribution in [0.2, 0.25) is 0 Å². The SMILES string of the molecule is Cc1[c-]cccc1.F[C-](F)F.[Pd+2].c1ccc(P(c2ccccc2)c2ccccc2P(c2ccccc2)c2ccccc2)cc1. The standard InChI is InChI=1S/C30H24P2.C7H7.CF3.Pd/c1-5-15-25(16-6-1)31(26-17-7-2-8-18-26)29-23-13-14-24-30(29)32(27-19-9-3-10-20-27)28-21-11-4-12-22-28;1-7-5-3-2-4-6-7;2-1(3)4;/h1-24H;2-5H,1H3;;/q;2*-1;+2. The molecule has 0 nitrogen and oxygen atoms in total. The van der Waals surface area contributed by atoms with Crippen LogP contribution < -0.4 is 31.8 Å². The normalized spacial score (nSPS) is 10.2. The molecule has 0 fully saturated rings. The second kappa shape index (κ2) is 19.1. The van der Waals surface area contributed by atoms with E-state index in [1.165, 1.54) is 37.4 Å². The van der Waals surface area contributed by atoms with Gasteiger partial charge in [0.1, 0.15) is 0 Å². The predicted octanol–water partition coefficient (Wildman–Crippen LogP) is 8.34. The van der Waals surface area contributed by atoms with Crippen LogP contribution >= 0.6 is 15.8 Å². The van der Waals surface area contributed by atoms with Crippen LogP contribution in [0.5, 0.6) is 0 Å². The summed E-state index contributed by atoms with van der Waals surface area (Å²) in [6.45, 7) is -1.06. The first-order valence-electron chi connectivity index (χ1n) is 13.7. The maximum Gasteiger partial charge on any atom is 2.00 e. The van der Waals surface area contributed by atoms with E-state index in [1.807, 2.05) is 31.2 Å². The van der Waals surface area contributed by atoms with Gasteiger partial charge in [-0.05, 0) is 47.7 Å². The molecular weight excluding hydrogens is 682 g/mol. The van der Waals surface area contributed by atoms with Crippen molar-refractivity contribution in [2.45, 2.75) is 6.92 Å². The van der Waals surface area contributed by atoms with Gasteiger partial charge in [-0.3, -0.25) is 0 Å². The number of rotatable bonds is 6. The Labute approximate surface area is 275 Å². The molecule has 0 aliphatic heterocycles. The van der Waals surface area contributed by atoms with Gasteiger partial charge in [0.2, 0.25) is 0 Å². The molecule has 0 radical (unpaired) electrons. The fourth-order valence-electron chi connectivity index (χ4n) is 4.49. The van der Waals surface area contributed by atoms with E-state index in [-0.39, 0.29) is 20.4 Å². The Morgan fingerprint density at radius 1 is 0.432 bits per heavy atom. The van der Waals surface area contributed by atoms with Crippen LogP contribution in [0.1, 0.15) is 5.56 Å². The molecule has 0 saturated heterocycles. The smallest absolute Gasteiger partial charge is 0.385 e. The zero-order chi connectivity index (χ0) is 30.3. The Kier molecular flexibility index (Phi) is 15.3. The quantitative estimate of drug-likeness (QED) is 0.0926. The minimum atomic E-state index is -3.08. The van der Waals surface area contributed by atoms with E-state index in [2.05, 4.69) is 152 Å². The van der Waals surface area contributed by atoms with E-state index < -0.39 is 22.5 Å². The summed E-state index contributed by atoms with van der Waals surface area (Å²) in [7, 11) is -1.33. The summed E-state index contributed by atoms with van der Waals surface area (Å²) < 4.78 is 28.8. The topological polar surface area (TPSA) is 0 Å². The van der Waals surface area contributed by atoms with Gasteiger partial charge in [-0.1, -0.05) is 153 Å². The fraction of sp³-hybridized carbons (Fsp3) is 0.0263. The molecule has 0 aromatic heterocycles. The van der Waals surface area contributed by atoms with Crippen LogP contribution in [0.15, 0.2) is 170 Å². The molecule has 0 N–H and O–H groups in total. The summed E-state index contributed by atoms with van der Waals surface area (Å²) in [6.07, 6.45) is 0. The molecule has 44 heavy (non-hydrogen) atoms. The third kappa shape index (κ3) is 10.7. The molecule has 6 aromatic rings. The van der Waals surface area contributed by atoms with E-state index in [0.29, 0.717) is 0 Å². The van der Waals surface area contributed by atoms with Crippen molar-refractivity contribution >= 4 is 47.7 Å². The Hall–Kier alpha value is -3.37. The first kappa shape index (κ1) is 35.1. The summed E-state index contributed by atoms with van der Waals surface area (Å²) in [6, 6.07) is 64.0. The van der Waals surface area contributed by atoms with E-state index >= 15 is 0 Å². The molecule has 0 heterocycles. The van der Waals surface area contributed by atoms with Gasteiger partial charge in [-0.2, -0.15) is 35.9 Å². The molecule has 0 saturated carbocycles. The van der Waals surface area contributed by atoms with E-state index in [9.17, 15) is 13.2 Å². The minimum Gasteiger partial charge on any atom is -0.385 e. The van der Waals surface area contributed by atoms with Gasteiger partial charge >= 0.3 is 20.4 Å². The van der Waals surface area contributed by atoms with Crippen molar-refractivity contribution in [1.29, 1.82) is 0 Å². The maximum atomic E-state index is 9.58. The van der Waals surface area contributed by atoms with E-state index in [4.69, 9.17) is 0 Å². The molecule has 6 rings (SSSR count). The molecule has 0 unspecified atom stereocenters. The third-order valence-electron chi connectivity index (χ3n) is 6.29. The van der Waals surface area contributed by atoms with Gasteiger partial charge in [-0.15, -0.1) is 0 Å². The fourth-order valence-corrected chi connectivity index (χ4v) is 9.76. The second-order valence-electron chi connectivity index (χ2n) is 9.26. The monoisotopic (exact) mass is 712 g/mol. The number of benzene rings is 6. The number of hydrogen-bond donors (Lipinski definition) is 0. The summed E-state index contributed by atoms with van der Waals surface area (Å²) >= 11 is 0. The van der Waals surface area contributed by atoms with Crippen molar-refractivity contribution in [2.24, 2.45) is 0 Å². The molecular formula is C38H31F3P2Pd. The Bertz CT molecular complexity index is 1420. The predicted molar refractivity (Wildman–Crippen MR) is 180 cm³/mol. The van der Waals surface area contributed by atoms with Crippen LogP contribution in [0, 0.1) is 19.7 Å². The Balaban J connectivity index is 0.000000375. The molecule has 6 heteroatoms. The van der Waals surface area contributed by atoms with Crippen molar-refractivity contribution in [3.63, 3.8) is 0 Å². The van der Waals surface area contributed by atoms with Crippen LogP contribution in [0.25, 0.3) is 0 Å². The summed E-state index contributed by atoms with van der Waals surface area (Å²) in [4.78, 5) is 0. The van der Waals surface area contributed by atoms with Crippen LogP contribution in [0.4, 0.5) is 13.2 Å². The zero-order valence-electron chi connectivity index (χ0n) is 24.0. The minimum absolute atomic E-state index is 0. The van der Waals surface area contributed by atoms with Gasteiger partial charge < -0.3 is 13.2 Å². The third-order valence-corrected chi connectivity index (χ3v) is 11.5. The van der Waals surface area contributed by atoms with Gasteiger partial charge in [0.25, 0.3) is 0 Å². The van der Waals surface area contributed by atoms with Crippen molar-refractivity contribution in [1.82, 2.24) is 0 Å². The molecule has 6 aromatic carbocycles. The van der Waals surface area contributed by atoms with Gasteiger partial charge in [0.05, 0.1) is 0 Å². The van der Waals surface area contributed by atoms with Gasteiger partial charge in [-0.25, -0.2) is 0 Å². The van der Waals surface area contributed by atoms with Crippen LogP contribution in [0.3, 0.4) is 0 Å². The summed E-state index contributed by atoms with van der Waals surface area (Å²) in [5.74, 6) is 0. The molecule has 0 amide bonds. The largest absolute Gasteiger partial charge is 2.00 e. The van der Waals surface area contributed by atoms with Crippen LogP contribution in [-0.4, -0.2) is 0 Å². The van der Waals surface area contributed by atoms with E-state index in [0.717, 1.165) is 0 Å². The van der Waals surface area contributed by atoms with Gasteiger partial charge in [0, 0.05) is 0 Å². The van der Waals surface area contributed by atoms with E-state index in [1.54, 1.807) is 0 Å². The first-order chi connectivity index (χ1) is 21.0. The van der Waals surface area contributed by atoms with Crippen molar-refractivity contribution < 1.29 is 33.6 Å². The number of aryl methyl sites for hydroxylation is 1.